The van der Waals surface area contributed by atoms with Crippen molar-refractivity contribution in [2.45, 2.75) is 25.9 Å². The van der Waals surface area contributed by atoms with Crippen molar-refractivity contribution in [1.82, 2.24) is 5.32 Å². The van der Waals surface area contributed by atoms with Crippen LogP contribution in [0.1, 0.15) is 19.3 Å². The fourth-order valence-corrected chi connectivity index (χ4v) is 3.42. The Balaban J connectivity index is 0.00000192. The second-order valence-electron chi connectivity index (χ2n) is 5.88. The summed E-state index contributed by atoms with van der Waals surface area (Å²) in [7, 11) is 0. The summed E-state index contributed by atoms with van der Waals surface area (Å²) in [4.78, 5) is 12.3. The maximum Gasteiger partial charge on any atom is 0.387 e. The Labute approximate surface area is 144 Å². The third-order valence-corrected chi connectivity index (χ3v) is 4.82. The molecule has 23 heavy (non-hydrogen) atoms. The smallest absolute Gasteiger partial charge is 0.387 e. The number of piperidine rings is 1. The third kappa shape index (κ3) is 4.05. The summed E-state index contributed by atoms with van der Waals surface area (Å²) in [5.41, 5.74) is 0.644. The van der Waals surface area contributed by atoms with Crippen LogP contribution in [0.4, 0.5) is 14.5 Å². The Bertz CT molecular complexity index is 581. The molecule has 8 heteroatoms. The number of ether oxygens (including phenoxy) is 1. The van der Waals surface area contributed by atoms with Crippen molar-refractivity contribution in [3.05, 3.63) is 23.2 Å². The monoisotopic (exact) mass is 366 g/mol. The molecule has 3 rings (SSSR count). The maximum atomic E-state index is 12.3. The van der Waals surface area contributed by atoms with Crippen molar-refractivity contribution in [2.24, 2.45) is 11.3 Å². The molecular weight excluding hydrogens is 349 g/mol. The van der Waals surface area contributed by atoms with E-state index in [0.717, 1.165) is 32.4 Å². The lowest BCUT2D eigenvalue weighted by Gasteiger charge is -2.23. The van der Waals surface area contributed by atoms with Crippen LogP contribution < -0.4 is 15.4 Å². The number of alkyl halides is 2. The van der Waals surface area contributed by atoms with Crippen LogP contribution in [0.3, 0.4) is 0 Å². The molecule has 4 nitrogen and oxygen atoms in total. The van der Waals surface area contributed by atoms with Gasteiger partial charge in [-0.25, -0.2) is 0 Å². The van der Waals surface area contributed by atoms with Crippen molar-refractivity contribution in [1.29, 1.82) is 0 Å². The largest absolute Gasteiger partial charge is 0.433 e. The van der Waals surface area contributed by atoms with Gasteiger partial charge in [-0.2, -0.15) is 8.78 Å². The van der Waals surface area contributed by atoms with Crippen molar-refractivity contribution >= 4 is 35.6 Å². The van der Waals surface area contributed by atoms with Crippen LogP contribution in [-0.2, 0) is 4.79 Å². The molecular formula is C15H18Cl2F2N2O2. The molecule has 1 aliphatic heterocycles. The first-order chi connectivity index (χ1) is 10.5. The first kappa shape index (κ1) is 18.2. The van der Waals surface area contributed by atoms with E-state index >= 15 is 0 Å². The first-order valence-corrected chi connectivity index (χ1v) is 7.64. The summed E-state index contributed by atoms with van der Waals surface area (Å²) < 4.78 is 28.6. The molecule has 1 spiro atoms. The Hall–Kier alpha value is -1.11. The number of hydrogen-bond acceptors (Lipinski definition) is 3. The predicted octanol–water partition coefficient (Wildman–Crippen LogP) is 3.69. The zero-order valence-corrected chi connectivity index (χ0v) is 13.9. The molecule has 128 valence electrons. The minimum absolute atomic E-state index is 0. The van der Waals surface area contributed by atoms with Gasteiger partial charge in [0.25, 0.3) is 0 Å². The van der Waals surface area contributed by atoms with Crippen molar-refractivity contribution < 1.29 is 18.3 Å². The number of carbonyl (C=O) groups excluding carboxylic acids is 1. The SMILES string of the molecule is Cl.O=C(Nc1ccc(OC(F)F)c(Cl)c1)C1CC12CCNCC2. The van der Waals surface area contributed by atoms with Gasteiger partial charge < -0.3 is 15.4 Å². The van der Waals surface area contributed by atoms with Crippen molar-refractivity contribution in [3.8, 4) is 5.75 Å². The molecule has 1 atom stereocenters. The topological polar surface area (TPSA) is 50.4 Å². The summed E-state index contributed by atoms with van der Waals surface area (Å²) in [5, 5.41) is 6.15. The summed E-state index contributed by atoms with van der Waals surface area (Å²) in [6.45, 7) is -1.02. The number of carbonyl (C=O) groups is 1. The molecule has 1 saturated carbocycles. The predicted molar refractivity (Wildman–Crippen MR) is 86.6 cm³/mol. The quantitative estimate of drug-likeness (QED) is 0.854. The van der Waals surface area contributed by atoms with Gasteiger partial charge in [-0.05, 0) is 56.0 Å². The molecule has 1 aromatic rings. The highest BCUT2D eigenvalue weighted by Crippen LogP contribution is 2.58. The van der Waals surface area contributed by atoms with Gasteiger partial charge in [-0.3, -0.25) is 4.79 Å². The molecule has 1 aliphatic carbocycles. The molecule has 1 aromatic carbocycles. The van der Waals surface area contributed by atoms with E-state index in [9.17, 15) is 13.6 Å². The summed E-state index contributed by atoms with van der Waals surface area (Å²) in [6, 6.07) is 4.27. The number of hydrogen-bond donors (Lipinski definition) is 2. The second-order valence-corrected chi connectivity index (χ2v) is 6.29. The summed E-state index contributed by atoms with van der Waals surface area (Å²) in [6.07, 6.45) is 2.96. The molecule has 0 aromatic heterocycles. The van der Waals surface area contributed by atoms with E-state index in [1.165, 1.54) is 18.2 Å². The number of benzene rings is 1. The van der Waals surface area contributed by atoms with Gasteiger partial charge in [0.05, 0.1) is 5.02 Å². The molecule has 0 bridgehead atoms. The van der Waals surface area contributed by atoms with E-state index in [1.807, 2.05) is 0 Å². The Morgan fingerprint density at radius 3 is 2.70 bits per heavy atom. The van der Waals surface area contributed by atoms with Gasteiger partial charge in [-0.1, -0.05) is 11.6 Å². The lowest BCUT2D eigenvalue weighted by molar-refractivity contribution is -0.118. The third-order valence-electron chi connectivity index (χ3n) is 4.52. The van der Waals surface area contributed by atoms with E-state index < -0.39 is 6.61 Å². The molecule has 1 saturated heterocycles. The molecule has 1 unspecified atom stereocenters. The van der Waals surface area contributed by atoms with Crippen molar-refractivity contribution in [2.75, 3.05) is 18.4 Å². The van der Waals surface area contributed by atoms with E-state index in [1.54, 1.807) is 0 Å². The van der Waals surface area contributed by atoms with Gasteiger partial charge in [0.1, 0.15) is 5.75 Å². The number of nitrogens with one attached hydrogen (secondary N) is 2. The number of amides is 1. The zero-order valence-electron chi connectivity index (χ0n) is 12.3. The highest BCUT2D eigenvalue weighted by atomic mass is 35.5. The van der Waals surface area contributed by atoms with E-state index in [0.29, 0.717) is 5.69 Å². The number of anilines is 1. The Morgan fingerprint density at radius 2 is 2.09 bits per heavy atom. The van der Waals surface area contributed by atoms with Gasteiger partial charge in [0, 0.05) is 11.6 Å². The second kappa shape index (κ2) is 7.20. The van der Waals surface area contributed by atoms with Crippen LogP contribution in [0.2, 0.25) is 5.02 Å². The average molecular weight is 367 g/mol. The van der Waals surface area contributed by atoms with Gasteiger partial charge >= 0.3 is 6.61 Å². The molecule has 0 radical (unpaired) electrons. The minimum atomic E-state index is -2.93. The van der Waals surface area contributed by atoms with Gasteiger partial charge in [-0.15, -0.1) is 12.4 Å². The van der Waals surface area contributed by atoms with Crippen LogP contribution in [-0.4, -0.2) is 25.6 Å². The fourth-order valence-electron chi connectivity index (χ4n) is 3.20. The molecule has 2 fully saturated rings. The Morgan fingerprint density at radius 1 is 1.39 bits per heavy atom. The summed E-state index contributed by atoms with van der Waals surface area (Å²) >= 11 is 5.88. The van der Waals surface area contributed by atoms with Crippen LogP contribution >= 0.6 is 24.0 Å². The van der Waals surface area contributed by atoms with Crippen LogP contribution in [0.25, 0.3) is 0 Å². The number of rotatable bonds is 4. The number of halogens is 4. The standard InChI is InChI=1S/C15H17ClF2N2O2.ClH/c16-11-7-9(1-2-12(11)22-14(17)18)20-13(21)10-8-15(10)3-5-19-6-4-15;/h1-2,7,10,14,19H,3-6,8H2,(H,20,21);1H. The molecule has 1 heterocycles. The van der Waals surface area contributed by atoms with E-state index in [-0.39, 0.29) is 40.4 Å². The van der Waals surface area contributed by atoms with E-state index in [4.69, 9.17) is 11.6 Å². The minimum Gasteiger partial charge on any atom is -0.433 e. The highest BCUT2D eigenvalue weighted by Gasteiger charge is 2.57. The zero-order chi connectivity index (χ0) is 15.7. The van der Waals surface area contributed by atoms with Crippen LogP contribution in [0.15, 0.2) is 18.2 Å². The van der Waals surface area contributed by atoms with Crippen molar-refractivity contribution in [3.63, 3.8) is 0 Å². The fraction of sp³-hybridized carbons (Fsp3) is 0.533. The van der Waals surface area contributed by atoms with E-state index in [2.05, 4.69) is 15.4 Å². The van der Waals surface area contributed by atoms with Gasteiger partial charge in [0.15, 0.2) is 0 Å². The molecule has 2 aliphatic rings. The lowest BCUT2D eigenvalue weighted by atomic mass is 9.92. The normalized spacial score (nSPS) is 21.7. The Kier molecular flexibility index (Phi) is 5.70. The lowest BCUT2D eigenvalue weighted by Crippen LogP contribution is -2.31. The highest BCUT2D eigenvalue weighted by molar-refractivity contribution is 6.32. The average Bonchev–Trinajstić information content (AvgIpc) is 3.16. The maximum absolute atomic E-state index is 12.3. The van der Waals surface area contributed by atoms with Gasteiger partial charge in [0.2, 0.25) is 5.91 Å². The van der Waals surface area contributed by atoms with Crippen LogP contribution in [0.5, 0.6) is 5.75 Å². The summed E-state index contributed by atoms with van der Waals surface area (Å²) in [5.74, 6) is -0.0956. The molecule has 2 N–H and O–H groups in total. The van der Waals surface area contributed by atoms with Crippen LogP contribution in [0, 0.1) is 11.3 Å². The first-order valence-electron chi connectivity index (χ1n) is 7.26. The molecule has 1 amide bonds.